The van der Waals surface area contributed by atoms with Gasteiger partial charge in [0.1, 0.15) is 22.5 Å². The molecule has 3 fully saturated rings. The number of allylic oxidation sites excluding steroid dienone is 1. The van der Waals surface area contributed by atoms with Crippen LogP contribution in [-0.2, 0) is 9.59 Å². The van der Waals surface area contributed by atoms with E-state index in [2.05, 4.69) is 26.9 Å². The van der Waals surface area contributed by atoms with E-state index in [0.717, 1.165) is 25.7 Å². The zero-order valence-corrected chi connectivity index (χ0v) is 21.0. The van der Waals surface area contributed by atoms with Gasteiger partial charge in [-0.1, -0.05) is 31.2 Å². The fraction of sp³-hybridized carbons (Fsp3) is 0.654. The van der Waals surface area contributed by atoms with Crippen LogP contribution in [0, 0.1) is 28.6 Å². The number of hydrogen-bond donors (Lipinski definition) is 3. The number of imidazole rings is 1. The van der Waals surface area contributed by atoms with Crippen LogP contribution >= 0.6 is 11.8 Å². The molecular formula is C26H32N4O4S. The number of ketones is 2. The molecule has 7 atom stereocenters. The van der Waals surface area contributed by atoms with Crippen molar-refractivity contribution in [1.29, 1.82) is 0 Å². The molecule has 8 nitrogen and oxygen atoms in total. The number of nitrogens with one attached hydrogen (secondary N) is 1. The van der Waals surface area contributed by atoms with E-state index in [9.17, 15) is 19.8 Å². The van der Waals surface area contributed by atoms with Crippen molar-refractivity contribution >= 4 is 34.5 Å². The average molecular weight is 497 g/mol. The van der Waals surface area contributed by atoms with E-state index in [-0.39, 0.29) is 40.5 Å². The number of aromatic amines is 1. The molecule has 6 rings (SSSR count). The normalized spacial score (nSPS) is 40.7. The minimum absolute atomic E-state index is 0.0650. The minimum Gasteiger partial charge on any atom is -0.393 e. The summed E-state index contributed by atoms with van der Waals surface area (Å²) in [5.41, 5.74) is 0.0908. The van der Waals surface area contributed by atoms with E-state index in [0.29, 0.717) is 35.5 Å². The lowest BCUT2D eigenvalue weighted by Crippen LogP contribution is -2.61. The summed E-state index contributed by atoms with van der Waals surface area (Å²) in [6.45, 7) is 4.23. The van der Waals surface area contributed by atoms with Crippen LogP contribution in [0.1, 0.15) is 58.8 Å². The van der Waals surface area contributed by atoms with Crippen molar-refractivity contribution in [2.45, 2.75) is 75.5 Å². The number of fused-ring (bicyclic) bond motifs is 6. The average Bonchev–Trinajstić information content (AvgIpc) is 3.41. The first-order valence-corrected chi connectivity index (χ1v) is 13.6. The Morgan fingerprint density at radius 3 is 2.86 bits per heavy atom. The lowest BCUT2D eigenvalue weighted by molar-refractivity contribution is -0.178. The van der Waals surface area contributed by atoms with Gasteiger partial charge in [-0.15, -0.1) is 0 Å². The Kier molecular flexibility index (Phi) is 5.29. The number of carbonyl (C=O) groups is 2. The molecule has 186 valence electrons. The summed E-state index contributed by atoms with van der Waals surface area (Å²) >= 11 is 1.29. The first kappa shape index (κ1) is 23.3. The first-order chi connectivity index (χ1) is 16.7. The van der Waals surface area contributed by atoms with Gasteiger partial charge >= 0.3 is 0 Å². The fourth-order valence-electron chi connectivity index (χ4n) is 8.26. The number of carbonyl (C=O) groups excluding carboxylic acids is 2. The van der Waals surface area contributed by atoms with E-state index < -0.39 is 17.1 Å². The van der Waals surface area contributed by atoms with Crippen molar-refractivity contribution in [3.63, 3.8) is 0 Å². The summed E-state index contributed by atoms with van der Waals surface area (Å²) in [7, 11) is 0. The topological polar surface area (TPSA) is 129 Å². The smallest absolute Gasteiger partial charge is 0.181 e. The van der Waals surface area contributed by atoms with Gasteiger partial charge in [0, 0.05) is 11.8 Å². The van der Waals surface area contributed by atoms with Gasteiger partial charge in [-0.2, -0.15) is 0 Å². The number of thioether (sulfide) groups is 1. The maximum atomic E-state index is 13.6. The van der Waals surface area contributed by atoms with Gasteiger partial charge in [-0.3, -0.25) is 9.59 Å². The number of aliphatic hydroxyl groups excluding tert-OH is 1. The van der Waals surface area contributed by atoms with Crippen LogP contribution in [0.25, 0.3) is 11.2 Å². The second kappa shape index (κ2) is 7.95. The molecular weight excluding hydrogens is 464 g/mol. The molecule has 0 spiro atoms. The van der Waals surface area contributed by atoms with Gasteiger partial charge in [-0.25, -0.2) is 15.0 Å². The largest absolute Gasteiger partial charge is 0.393 e. The molecule has 0 unspecified atom stereocenters. The van der Waals surface area contributed by atoms with E-state index in [4.69, 9.17) is 0 Å². The number of hydrogen-bond acceptors (Lipinski definition) is 8. The van der Waals surface area contributed by atoms with Gasteiger partial charge in [0.15, 0.2) is 17.2 Å². The van der Waals surface area contributed by atoms with E-state index in [1.165, 1.54) is 23.7 Å². The fourth-order valence-corrected chi connectivity index (χ4v) is 9.18. The molecule has 35 heavy (non-hydrogen) atoms. The number of H-pyrrole nitrogens is 1. The Bertz CT molecular complexity index is 1240. The van der Waals surface area contributed by atoms with Crippen molar-refractivity contribution in [3.8, 4) is 0 Å². The minimum atomic E-state index is -1.48. The molecule has 0 bridgehead atoms. The van der Waals surface area contributed by atoms with Gasteiger partial charge < -0.3 is 15.2 Å². The van der Waals surface area contributed by atoms with Crippen LogP contribution in [0.15, 0.2) is 29.3 Å². The van der Waals surface area contributed by atoms with Crippen molar-refractivity contribution < 1.29 is 19.8 Å². The summed E-state index contributed by atoms with van der Waals surface area (Å²) in [5, 5.41) is 24.1. The van der Waals surface area contributed by atoms with Crippen molar-refractivity contribution in [1.82, 2.24) is 19.9 Å². The SMILES string of the molecule is C[C@]12CCC(=O)C=C1CC[C@@H]1[C@@H]2[C@H](O)C[C@@]2(C)[C@H]1CC[C@@]2(O)C(=O)CSc1ncnc2nc[nH]c12. The second-order valence-corrected chi connectivity index (χ2v) is 12.4. The molecule has 2 aromatic heterocycles. The number of aliphatic hydroxyl groups is 2. The summed E-state index contributed by atoms with van der Waals surface area (Å²) < 4.78 is 0. The van der Waals surface area contributed by atoms with E-state index in [1.807, 2.05) is 13.0 Å². The predicted molar refractivity (Wildman–Crippen MR) is 130 cm³/mol. The lowest BCUT2D eigenvalue weighted by Gasteiger charge is -2.60. The van der Waals surface area contributed by atoms with Gasteiger partial charge in [0.05, 0.1) is 18.2 Å². The maximum absolute atomic E-state index is 13.6. The van der Waals surface area contributed by atoms with Crippen molar-refractivity contribution in [3.05, 3.63) is 24.3 Å². The lowest BCUT2D eigenvalue weighted by atomic mass is 9.45. The molecule has 0 amide bonds. The Morgan fingerprint density at radius 1 is 1.20 bits per heavy atom. The van der Waals surface area contributed by atoms with Gasteiger partial charge in [0.2, 0.25) is 0 Å². The van der Waals surface area contributed by atoms with Crippen molar-refractivity contribution in [2.24, 2.45) is 28.6 Å². The third-order valence-corrected chi connectivity index (χ3v) is 11.0. The van der Waals surface area contributed by atoms with Crippen LogP contribution in [-0.4, -0.2) is 59.2 Å². The molecule has 0 aromatic carbocycles. The quantitative estimate of drug-likeness (QED) is 0.435. The predicted octanol–water partition coefficient (Wildman–Crippen LogP) is 3.25. The first-order valence-electron chi connectivity index (χ1n) is 12.6. The molecule has 3 saturated carbocycles. The number of aromatic nitrogens is 4. The van der Waals surface area contributed by atoms with E-state index in [1.54, 1.807) is 6.33 Å². The third kappa shape index (κ3) is 3.23. The molecule has 2 heterocycles. The molecule has 0 radical (unpaired) electrons. The number of rotatable bonds is 4. The van der Waals surface area contributed by atoms with Crippen LogP contribution in [0.3, 0.4) is 0 Å². The van der Waals surface area contributed by atoms with Crippen LogP contribution in [0.2, 0.25) is 0 Å². The Hall–Kier alpha value is -2.10. The van der Waals surface area contributed by atoms with Crippen LogP contribution in [0.5, 0.6) is 0 Å². The standard InChI is InChI=1S/C26H32N4O4S/c1-24-7-5-15(31)9-14(24)3-4-16-17-6-8-26(34,25(17,2)10-18(32)20(16)24)19(33)11-35-23-21-22(28-12-27-21)29-13-30-23/h9,12-13,16-18,20,32,34H,3-8,10-11H2,1-2H3,(H,27,28,29,30)/t16-,17-,18+,20+,24-,25-,26+/m0/s1. The summed E-state index contributed by atoms with van der Waals surface area (Å²) in [6, 6.07) is 0. The van der Waals surface area contributed by atoms with Gasteiger partial charge in [0.25, 0.3) is 0 Å². The van der Waals surface area contributed by atoms with Crippen molar-refractivity contribution in [2.75, 3.05) is 5.75 Å². The van der Waals surface area contributed by atoms with E-state index >= 15 is 0 Å². The summed E-state index contributed by atoms with van der Waals surface area (Å²) in [5.74, 6) is 0.566. The Balaban J connectivity index is 1.26. The monoisotopic (exact) mass is 496 g/mol. The molecule has 0 aliphatic heterocycles. The Labute approximate surface area is 208 Å². The highest BCUT2D eigenvalue weighted by molar-refractivity contribution is 8.00. The molecule has 2 aromatic rings. The highest BCUT2D eigenvalue weighted by Crippen LogP contribution is 2.67. The molecule has 0 saturated heterocycles. The molecule has 9 heteroatoms. The zero-order valence-electron chi connectivity index (χ0n) is 20.2. The molecule has 3 N–H and O–H groups in total. The molecule has 4 aliphatic carbocycles. The van der Waals surface area contributed by atoms with Crippen LogP contribution < -0.4 is 0 Å². The van der Waals surface area contributed by atoms with Gasteiger partial charge in [-0.05, 0) is 67.8 Å². The Morgan fingerprint density at radius 2 is 2.03 bits per heavy atom. The zero-order chi connectivity index (χ0) is 24.6. The van der Waals surface area contributed by atoms with Crippen LogP contribution in [0.4, 0.5) is 0 Å². The second-order valence-electron chi connectivity index (χ2n) is 11.5. The number of nitrogens with zero attached hydrogens (tertiary/aromatic N) is 3. The highest BCUT2D eigenvalue weighted by atomic mass is 32.2. The number of Topliss-reactive ketones (excluding diaryl/α,β-unsaturated/α-hetero) is 1. The highest BCUT2D eigenvalue weighted by Gasteiger charge is 2.68. The maximum Gasteiger partial charge on any atom is 0.181 e. The third-order valence-electron chi connectivity index (χ3n) is 10.0. The summed E-state index contributed by atoms with van der Waals surface area (Å²) in [4.78, 5) is 41.3. The summed E-state index contributed by atoms with van der Waals surface area (Å²) in [6.07, 6.45) is 8.87. The molecule has 4 aliphatic rings.